The molecule has 146 valence electrons. The molecule has 2 rings (SSSR count). The average Bonchev–Trinajstić information content (AvgIpc) is 2.67. The normalized spacial score (nSPS) is 12.4. The zero-order valence-electron chi connectivity index (χ0n) is 15.7. The lowest BCUT2D eigenvalue weighted by Gasteiger charge is -2.25. The van der Waals surface area contributed by atoms with Gasteiger partial charge in [0, 0.05) is 22.2 Å². The molecule has 0 aromatic heterocycles. The van der Waals surface area contributed by atoms with Crippen molar-refractivity contribution < 1.29 is 24.5 Å². The predicted molar refractivity (Wildman–Crippen MR) is 105 cm³/mol. The van der Waals surface area contributed by atoms with Gasteiger partial charge in [-0.25, -0.2) is 0 Å². The highest BCUT2D eigenvalue weighted by Crippen LogP contribution is 2.40. The standard InChI is InChI=1S/C20H24ClNO5/c1-20(2,11-23)19(25)22-17-14(9-12(21)10-16(17)27-4)18(24)13-7-5-6-8-15(13)26-3/h5-10,18,23-24H,11H2,1-4H3,(H,22,25). The quantitative estimate of drug-likeness (QED) is 0.671. The van der Waals surface area contributed by atoms with E-state index in [9.17, 15) is 15.0 Å². The van der Waals surface area contributed by atoms with Crippen LogP contribution in [-0.2, 0) is 4.79 Å². The summed E-state index contributed by atoms with van der Waals surface area (Å²) in [6.45, 7) is 2.89. The summed E-state index contributed by atoms with van der Waals surface area (Å²) in [5, 5.41) is 23.6. The van der Waals surface area contributed by atoms with Gasteiger partial charge in [-0.1, -0.05) is 29.8 Å². The third-order valence-corrected chi connectivity index (χ3v) is 4.51. The Balaban J connectivity index is 2.58. The number of carbonyl (C=O) groups is 1. The summed E-state index contributed by atoms with van der Waals surface area (Å²) < 4.78 is 10.7. The predicted octanol–water partition coefficient (Wildman–Crippen LogP) is 3.40. The summed E-state index contributed by atoms with van der Waals surface area (Å²) in [5.41, 5.74) is 0.135. The Morgan fingerprint density at radius 3 is 2.37 bits per heavy atom. The van der Waals surface area contributed by atoms with Crippen molar-refractivity contribution in [2.75, 3.05) is 26.1 Å². The molecule has 1 atom stereocenters. The van der Waals surface area contributed by atoms with Crippen LogP contribution in [0.2, 0.25) is 5.02 Å². The average molecular weight is 394 g/mol. The maximum absolute atomic E-state index is 12.6. The molecule has 0 spiro atoms. The Morgan fingerprint density at radius 1 is 1.15 bits per heavy atom. The van der Waals surface area contributed by atoms with Crippen molar-refractivity contribution in [2.24, 2.45) is 5.41 Å². The largest absolute Gasteiger partial charge is 0.496 e. The molecular formula is C20H24ClNO5. The van der Waals surface area contributed by atoms with Crippen molar-refractivity contribution >= 4 is 23.2 Å². The van der Waals surface area contributed by atoms with Crippen LogP contribution >= 0.6 is 11.6 Å². The first-order valence-corrected chi connectivity index (χ1v) is 8.73. The molecule has 0 aliphatic heterocycles. The smallest absolute Gasteiger partial charge is 0.232 e. The van der Waals surface area contributed by atoms with E-state index in [0.29, 0.717) is 27.6 Å². The number of aliphatic hydroxyl groups excluding tert-OH is 2. The number of anilines is 1. The number of benzene rings is 2. The molecule has 7 heteroatoms. The summed E-state index contributed by atoms with van der Waals surface area (Å²) >= 11 is 6.18. The lowest BCUT2D eigenvalue weighted by molar-refractivity contribution is -0.125. The number of amides is 1. The minimum atomic E-state index is -1.12. The van der Waals surface area contributed by atoms with Crippen LogP contribution in [0, 0.1) is 5.41 Å². The van der Waals surface area contributed by atoms with Gasteiger partial charge in [0.05, 0.1) is 31.9 Å². The number of hydrogen-bond donors (Lipinski definition) is 3. The number of methoxy groups -OCH3 is 2. The lowest BCUT2D eigenvalue weighted by Crippen LogP contribution is -2.34. The molecule has 0 heterocycles. The van der Waals surface area contributed by atoms with E-state index in [4.69, 9.17) is 21.1 Å². The third-order valence-electron chi connectivity index (χ3n) is 4.29. The first-order chi connectivity index (χ1) is 12.7. The molecule has 2 aromatic rings. The van der Waals surface area contributed by atoms with Crippen LogP contribution in [-0.4, -0.2) is 36.9 Å². The molecule has 0 bridgehead atoms. The molecule has 0 aliphatic rings. The van der Waals surface area contributed by atoms with Crippen LogP contribution in [0.3, 0.4) is 0 Å². The molecular weight excluding hydrogens is 370 g/mol. The van der Waals surface area contributed by atoms with Crippen LogP contribution in [0.1, 0.15) is 31.1 Å². The number of rotatable bonds is 7. The summed E-state index contributed by atoms with van der Waals surface area (Å²) in [6.07, 6.45) is -1.12. The molecule has 0 fully saturated rings. The summed E-state index contributed by atoms with van der Waals surface area (Å²) in [6, 6.07) is 10.1. The highest BCUT2D eigenvalue weighted by atomic mass is 35.5. The number of carbonyl (C=O) groups excluding carboxylic acids is 1. The van der Waals surface area contributed by atoms with Gasteiger partial charge in [0.25, 0.3) is 0 Å². The molecule has 0 saturated carbocycles. The van der Waals surface area contributed by atoms with E-state index in [1.165, 1.54) is 14.2 Å². The molecule has 0 aliphatic carbocycles. The van der Waals surface area contributed by atoms with E-state index in [1.54, 1.807) is 50.2 Å². The van der Waals surface area contributed by atoms with Gasteiger partial charge in [0.15, 0.2) is 0 Å². The maximum Gasteiger partial charge on any atom is 0.232 e. The maximum atomic E-state index is 12.6. The van der Waals surface area contributed by atoms with E-state index in [-0.39, 0.29) is 12.3 Å². The van der Waals surface area contributed by atoms with E-state index in [1.807, 2.05) is 0 Å². The van der Waals surface area contributed by atoms with Crippen LogP contribution in [0.4, 0.5) is 5.69 Å². The lowest BCUT2D eigenvalue weighted by atomic mass is 9.92. The highest BCUT2D eigenvalue weighted by Gasteiger charge is 2.30. The first-order valence-electron chi connectivity index (χ1n) is 8.36. The number of nitrogens with one attached hydrogen (secondary N) is 1. The van der Waals surface area contributed by atoms with Gasteiger partial charge in [-0.3, -0.25) is 4.79 Å². The number of aliphatic hydroxyl groups is 2. The molecule has 6 nitrogen and oxygen atoms in total. The van der Waals surface area contributed by atoms with Crippen molar-refractivity contribution in [1.82, 2.24) is 0 Å². The topological polar surface area (TPSA) is 88.0 Å². The van der Waals surface area contributed by atoms with Gasteiger partial charge in [-0.2, -0.15) is 0 Å². The van der Waals surface area contributed by atoms with Gasteiger partial charge < -0.3 is 25.0 Å². The van der Waals surface area contributed by atoms with Crippen molar-refractivity contribution in [1.29, 1.82) is 0 Å². The van der Waals surface area contributed by atoms with Crippen LogP contribution in [0.5, 0.6) is 11.5 Å². The zero-order chi connectivity index (χ0) is 20.2. The monoisotopic (exact) mass is 393 g/mol. The Labute approximate surface area is 163 Å². The molecule has 27 heavy (non-hydrogen) atoms. The molecule has 0 saturated heterocycles. The Morgan fingerprint density at radius 2 is 1.78 bits per heavy atom. The molecule has 2 aromatic carbocycles. The number of hydrogen-bond acceptors (Lipinski definition) is 5. The van der Waals surface area contributed by atoms with E-state index in [2.05, 4.69) is 5.32 Å². The second-order valence-electron chi connectivity index (χ2n) is 6.71. The minimum Gasteiger partial charge on any atom is -0.496 e. The van der Waals surface area contributed by atoms with Crippen molar-refractivity contribution in [3.05, 3.63) is 52.5 Å². The molecule has 0 radical (unpaired) electrons. The fourth-order valence-corrected chi connectivity index (χ4v) is 2.74. The van der Waals surface area contributed by atoms with Gasteiger partial charge in [-0.05, 0) is 26.0 Å². The second-order valence-corrected chi connectivity index (χ2v) is 7.15. The fourth-order valence-electron chi connectivity index (χ4n) is 2.53. The second kappa shape index (κ2) is 8.61. The number of ether oxygens (including phenoxy) is 2. The summed E-state index contributed by atoms with van der Waals surface area (Å²) in [5.74, 6) is 0.379. The van der Waals surface area contributed by atoms with E-state index >= 15 is 0 Å². The molecule has 1 amide bonds. The van der Waals surface area contributed by atoms with Crippen molar-refractivity contribution in [3.63, 3.8) is 0 Å². The zero-order valence-corrected chi connectivity index (χ0v) is 16.5. The summed E-state index contributed by atoms with van der Waals surface area (Å²) in [7, 11) is 2.95. The Bertz CT molecular complexity index is 822. The van der Waals surface area contributed by atoms with E-state index < -0.39 is 17.4 Å². The number of para-hydroxylation sites is 1. The SMILES string of the molecule is COc1ccccc1C(O)c1cc(Cl)cc(OC)c1NC(=O)C(C)(C)CO. The molecule has 3 N–H and O–H groups in total. The van der Waals surface area contributed by atoms with Gasteiger partial charge in [0.1, 0.15) is 17.6 Å². The highest BCUT2D eigenvalue weighted by molar-refractivity contribution is 6.31. The Kier molecular flexibility index (Phi) is 6.70. The van der Waals surface area contributed by atoms with Crippen molar-refractivity contribution in [3.8, 4) is 11.5 Å². The van der Waals surface area contributed by atoms with Gasteiger partial charge in [-0.15, -0.1) is 0 Å². The third kappa shape index (κ3) is 4.53. The Hall–Kier alpha value is -2.28. The number of halogens is 1. The van der Waals surface area contributed by atoms with Gasteiger partial charge >= 0.3 is 0 Å². The fraction of sp³-hybridized carbons (Fsp3) is 0.350. The minimum absolute atomic E-state index is 0.284. The van der Waals surface area contributed by atoms with Crippen LogP contribution < -0.4 is 14.8 Å². The van der Waals surface area contributed by atoms with E-state index in [0.717, 1.165) is 0 Å². The van der Waals surface area contributed by atoms with Crippen LogP contribution in [0.25, 0.3) is 0 Å². The van der Waals surface area contributed by atoms with Gasteiger partial charge in [0.2, 0.25) is 5.91 Å². The van der Waals surface area contributed by atoms with Crippen LogP contribution in [0.15, 0.2) is 36.4 Å². The molecule has 1 unspecified atom stereocenters. The first kappa shape index (κ1) is 21.0. The summed E-state index contributed by atoms with van der Waals surface area (Å²) in [4.78, 5) is 12.6. The van der Waals surface area contributed by atoms with Crippen molar-refractivity contribution in [2.45, 2.75) is 20.0 Å².